The van der Waals surface area contributed by atoms with Gasteiger partial charge in [0.1, 0.15) is 0 Å². The summed E-state index contributed by atoms with van der Waals surface area (Å²) in [4.78, 5) is 0.623. The minimum absolute atomic E-state index is 0.623. The topological polar surface area (TPSA) is 0 Å². The minimum atomic E-state index is 0.623. The van der Waals surface area contributed by atoms with Crippen molar-refractivity contribution in [1.82, 2.24) is 0 Å². The van der Waals surface area contributed by atoms with Gasteiger partial charge in [-0.05, 0) is 36.8 Å². The van der Waals surface area contributed by atoms with E-state index >= 15 is 0 Å². The molecule has 1 unspecified atom stereocenters. The van der Waals surface area contributed by atoms with Gasteiger partial charge in [-0.2, -0.15) is 0 Å². The molecular weight excluding hydrogens is 272 g/mol. The quantitative estimate of drug-likeness (QED) is 0.437. The van der Waals surface area contributed by atoms with Crippen molar-refractivity contribution >= 4 is 15.9 Å². The van der Waals surface area contributed by atoms with Crippen LogP contribution in [0.1, 0.15) is 57.1 Å². The summed E-state index contributed by atoms with van der Waals surface area (Å²) < 4.78 is 0. The van der Waals surface area contributed by atoms with Crippen LogP contribution >= 0.6 is 15.9 Å². The van der Waals surface area contributed by atoms with Crippen molar-refractivity contribution < 1.29 is 0 Å². The summed E-state index contributed by atoms with van der Waals surface area (Å²) in [5.74, 6) is 0. The SMILES string of the molecule is CCCCCCc1ccc(CC(Br)CC)cc1. The zero-order valence-corrected chi connectivity index (χ0v) is 12.8. The number of alkyl halides is 1. The van der Waals surface area contributed by atoms with Crippen LogP contribution in [0.25, 0.3) is 0 Å². The predicted molar refractivity (Wildman–Crippen MR) is 81.0 cm³/mol. The molecule has 17 heavy (non-hydrogen) atoms. The highest BCUT2D eigenvalue weighted by Gasteiger charge is 2.02. The lowest BCUT2D eigenvalue weighted by Crippen LogP contribution is -2.00. The van der Waals surface area contributed by atoms with E-state index in [1.807, 2.05) is 0 Å². The predicted octanol–water partition coefficient (Wildman–Crippen LogP) is 5.53. The van der Waals surface area contributed by atoms with Gasteiger partial charge in [-0.15, -0.1) is 0 Å². The number of aryl methyl sites for hydroxylation is 1. The van der Waals surface area contributed by atoms with Crippen molar-refractivity contribution in [1.29, 1.82) is 0 Å². The van der Waals surface area contributed by atoms with Crippen LogP contribution < -0.4 is 0 Å². The van der Waals surface area contributed by atoms with Gasteiger partial charge < -0.3 is 0 Å². The Labute approximate surface area is 115 Å². The van der Waals surface area contributed by atoms with Crippen molar-refractivity contribution in [2.45, 2.75) is 63.6 Å². The molecule has 0 saturated carbocycles. The molecule has 0 aromatic heterocycles. The average Bonchev–Trinajstić information content (AvgIpc) is 2.36. The minimum Gasteiger partial charge on any atom is -0.0887 e. The third-order valence-corrected chi connectivity index (χ3v) is 4.21. The van der Waals surface area contributed by atoms with Gasteiger partial charge in [0.15, 0.2) is 0 Å². The first kappa shape index (κ1) is 14.8. The van der Waals surface area contributed by atoms with E-state index < -0.39 is 0 Å². The van der Waals surface area contributed by atoms with E-state index in [1.54, 1.807) is 0 Å². The number of hydrogen-bond acceptors (Lipinski definition) is 0. The Hall–Kier alpha value is -0.300. The van der Waals surface area contributed by atoms with Crippen LogP contribution in [-0.4, -0.2) is 4.83 Å². The first-order chi connectivity index (χ1) is 8.26. The van der Waals surface area contributed by atoms with E-state index in [0.29, 0.717) is 4.83 Å². The van der Waals surface area contributed by atoms with E-state index in [0.717, 1.165) is 6.42 Å². The molecule has 96 valence electrons. The van der Waals surface area contributed by atoms with Crippen LogP contribution in [0.3, 0.4) is 0 Å². The van der Waals surface area contributed by atoms with Gasteiger partial charge in [0.05, 0.1) is 0 Å². The van der Waals surface area contributed by atoms with E-state index in [9.17, 15) is 0 Å². The van der Waals surface area contributed by atoms with Gasteiger partial charge in [0.2, 0.25) is 0 Å². The van der Waals surface area contributed by atoms with Crippen LogP contribution in [0.2, 0.25) is 0 Å². The highest BCUT2D eigenvalue weighted by atomic mass is 79.9. The molecular formula is C16H25Br. The highest BCUT2D eigenvalue weighted by molar-refractivity contribution is 9.09. The van der Waals surface area contributed by atoms with Crippen molar-refractivity contribution in [2.75, 3.05) is 0 Å². The fourth-order valence-electron chi connectivity index (χ4n) is 2.00. The molecule has 1 rings (SSSR count). The van der Waals surface area contributed by atoms with Crippen LogP contribution in [0.15, 0.2) is 24.3 Å². The molecule has 0 heterocycles. The second-order valence-corrected chi connectivity index (χ2v) is 6.13. The number of rotatable bonds is 8. The van der Waals surface area contributed by atoms with Crippen molar-refractivity contribution in [3.63, 3.8) is 0 Å². The Kier molecular flexibility index (Phi) is 7.59. The maximum Gasteiger partial charge on any atom is 0.0183 e. The molecule has 1 atom stereocenters. The third-order valence-electron chi connectivity index (χ3n) is 3.24. The fourth-order valence-corrected chi connectivity index (χ4v) is 2.37. The molecule has 0 saturated heterocycles. The zero-order chi connectivity index (χ0) is 12.5. The number of benzene rings is 1. The van der Waals surface area contributed by atoms with Crippen molar-refractivity contribution in [2.24, 2.45) is 0 Å². The van der Waals surface area contributed by atoms with Gasteiger partial charge in [0.25, 0.3) is 0 Å². The van der Waals surface area contributed by atoms with Gasteiger partial charge in [-0.1, -0.05) is 73.3 Å². The van der Waals surface area contributed by atoms with Gasteiger partial charge in [-0.25, -0.2) is 0 Å². The summed E-state index contributed by atoms with van der Waals surface area (Å²) in [7, 11) is 0. The second kappa shape index (κ2) is 8.74. The normalized spacial score (nSPS) is 12.6. The summed E-state index contributed by atoms with van der Waals surface area (Å²) >= 11 is 3.69. The molecule has 1 aromatic rings. The number of unbranched alkanes of at least 4 members (excludes halogenated alkanes) is 3. The Morgan fingerprint density at radius 1 is 0.941 bits per heavy atom. The summed E-state index contributed by atoms with van der Waals surface area (Å²) in [5, 5.41) is 0. The molecule has 1 aromatic carbocycles. The molecule has 0 bridgehead atoms. The molecule has 0 amide bonds. The lowest BCUT2D eigenvalue weighted by molar-refractivity contribution is 0.666. The lowest BCUT2D eigenvalue weighted by atomic mass is 10.0. The second-order valence-electron chi connectivity index (χ2n) is 4.84. The van der Waals surface area contributed by atoms with Gasteiger partial charge >= 0.3 is 0 Å². The van der Waals surface area contributed by atoms with E-state index in [2.05, 4.69) is 54.0 Å². The van der Waals surface area contributed by atoms with Gasteiger partial charge in [-0.3, -0.25) is 0 Å². The monoisotopic (exact) mass is 296 g/mol. The van der Waals surface area contributed by atoms with Crippen LogP contribution in [0.4, 0.5) is 0 Å². The van der Waals surface area contributed by atoms with E-state index in [1.165, 1.54) is 49.7 Å². The van der Waals surface area contributed by atoms with Crippen molar-refractivity contribution in [3.8, 4) is 0 Å². The molecule has 0 aliphatic heterocycles. The Balaban J connectivity index is 2.34. The van der Waals surface area contributed by atoms with E-state index in [4.69, 9.17) is 0 Å². The Bertz CT molecular complexity index is 289. The van der Waals surface area contributed by atoms with Crippen LogP contribution in [0.5, 0.6) is 0 Å². The summed E-state index contributed by atoms with van der Waals surface area (Å²) in [5.41, 5.74) is 2.94. The molecule has 0 radical (unpaired) electrons. The maximum atomic E-state index is 3.69. The van der Waals surface area contributed by atoms with Crippen LogP contribution in [-0.2, 0) is 12.8 Å². The highest BCUT2D eigenvalue weighted by Crippen LogP contribution is 2.15. The molecule has 0 aliphatic carbocycles. The standard InChI is InChI=1S/C16H25Br/c1-3-5-6-7-8-14-9-11-15(12-10-14)13-16(17)4-2/h9-12,16H,3-8,13H2,1-2H3. The molecule has 1 heteroatoms. The summed E-state index contributed by atoms with van der Waals surface area (Å²) in [6, 6.07) is 9.19. The summed E-state index contributed by atoms with van der Waals surface area (Å²) in [6.07, 6.45) is 8.99. The Morgan fingerprint density at radius 3 is 2.18 bits per heavy atom. The number of halogens is 1. The summed E-state index contributed by atoms with van der Waals surface area (Å²) in [6.45, 7) is 4.49. The van der Waals surface area contributed by atoms with E-state index in [-0.39, 0.29) is 0 Å². The largest absolute Gasteiger partial charge is 0.0887 e. The average molecular weight is 297 g/mol. The van der Waals surface area contributed by atoms with Crippen LogP contribution in [0, 0.1) is 0 Å². The molecule has 0 aliphatic rings. The fraction of sp³-hybridized carbons (Fsp3) is 0.625. The first-order valence-electron chi connectivity index (χ1n) is 6.98. The first-order valence-corrected chi connectivity index (χ1v) is 7.89. The third kappa shape index (κ3) is 6.26. The molecule has 0 nitrogen and oxygen atoms in total. The molecule has 0 fully saturated rings. The molecule has 0 N–H and O–H groups in total. The van der Waals surface area contributed by atoms with Crippen molar-refractivity contribution in [3.05, 3.63) is 35.4 Å². The van der Waals surface area contributed by atoms with Gasteiger partial charge in [0, 0.05) is 4.83 Å². The lowest BCUT2D eigenvalue weighted by Gasteiger charge is -2.07. The smallest absolute Gasteiger partial charge is 0.0183 e. The molecule has 0 spiro atoms. The number of hydrogen-bond donors (Lipinski definition) is 0. The Morgan fingerprint density at radius 2 is 1.59 bits per heavy atom. The zero-order valence-electron chi connectivity index (χ0n) is 11.2. The maximum absolute atomic E-state index is 3.69.